The molecule has 0 radical (unpaired) electrons. The van der Waals surface area contributed by atoms with Crippen molar-refractivity contribution < 1.29 is 4.79 Å². The summed E-state index contributed by atoms with van der Waals surface area (Å²) in [4.78, 5) is 25.6. The third-order valence-electron chi connectivity index (χ3n) is 6.42. The van der Waals surface area contributed by atoms with E-state index >= 15 is 0 Å². The van der Waals surface area contributed by atoms with E-state index in [0.717, 1.165) is 46.4 Å². The van der Waals surface area contributed by atoms with Crippen LogP contribution in [0, 0.1) is 6.92 Å². The number of aryl methyl sites for hydroxylation is 1. The third kappa shape index (κ3) is 3.90. The molecule has 0 N–H and O–H groups in total. The summed E-state index contributed by atoms with van der Waals surface area (Å²) in [6, 6.07) is 16.2. The normalized spacial score (nSPS) is 14.6. The third-order valence-corrected chi connectivity index (χ3v) is 6.42. The number of fused-ring (bicyclic) bond motifs is 1. The van der Waals surface area contributed by atoms with Crippen molar-refractivity contribution in [3.63, 3.8) is 0 Å². The molecule has 6 nitrogen and oxygen atoms in total. The highest BCUT2D eigenvalue weighted by molar-refractivity contribution is 6.07. The molecule has 1 fully saturated rings. The van der Waals surface area contributed by atoms with E-state index in [2.05, 4.69) is 49.9 Å². The van der Waals surface area contributed by atoms with Gasteiger partial charge in [0.2, 0.25) is 0 Å². The first-order chi connectivity index (χ1) is 16.0. The summed E-state index contributed by atoms with van der Waals surface area (Å²) in [5.74, 6) is 0.0150. The Labute approximate surface area is 194 Å². The van der Waals surface area contributed by atoms with Gasteiger partial charge in [-0.3, -0.25) is 9.78 Å². The summed E-state index contributed by atoms with van der Waals surface area (Å²) in [5.41, 5.74) is 5.25. The average Bonchev–Trinajstić information content (AvgIpc) is 3.56. The molecule has 3 heterocycles. The molecule has 5 rings (SSSR count). The molecule has 1 aliphatic rings. The highest BCUT2D eigenvalue weighted by Gasteiger charge is 2.38. The van der Waals surface area contributed by atoms with Gasteiger partial charge in [0.05, 0.1) is 34.6 Å². The standard InChI is InChI=1S/C27H29N5O/c1-17(2)32-26-23(16-29-32)22(15-25(30-26)21-10-6-5-9-18(21)3)27(33)31(20-12-13-20)19(4)24-11-7-8-14-28-24/h5-11,14-17,19-20H,12-13H2,1-4H3. The zero-order valence-corrected chi connectivity index (χ0v) is 19.6. The molecule has 4 aromatic rings. The molecule has 0 aliphatic heterocycles. The second-order valence-electron chi connectivity index (χ2n) is 9.16. The number of pyridine rings is 2. The Balaban J connectivity index is 1.67. The van der Waals surface area contributed by atoms with E-state index in [1.54, 1.807) is 12.4 Å². The number of hydrogen-bond acceptors (Lipinski definition) is 4. The number of benzene rings is 1. The van der Waals surface area contributed by atoms with Crippen molar-refractivity contribution in [2.45, 2.75) is 58.7 Å². The quantitative estimate of drug-likeness (QED) is 0.384. The first-order valence-corrected chi connectivity index (χ1v) is 11.6. The largest absolute Gasteiger partial charge is 0.327 e. The lowest BCUT2D eigenvalue weighted by Crippen LogP contribution is -2.36. The molecule has 1 aliphatic carbocycles. The van der Waals surface area contributed by atoms with Gasteiger partial charge < -0.3 is 4.90 Å². The van der Waals surface area contributed by atoms with E-state index in [1.807, 2.05) is 46.0 Å². The number of carbonyl (C=O) groups excluding carboxylic acids is 1. The van der Waals surface area contributed by atoms with Crippen molar-refractivity contribution in [2.75, 3.05) is 0 Å². The molecule has 1 aromatic carbocycles. The number of aromatic nitrogens is 4. The van der Waals surface area contributed by atoms with Gasteiger partial charge in [-0.1, -0.05) is 30.3 Å². The van der Waals surface area contributed by atoms with Crippen molar-refractivity contribution in [1.82, 2.24) is 24.6 Å². The van der Waals surface area contributed by atoms with Crippen LogP contribution in [0.1, 0.15) is 67.3 Å². The van der Waals surface area contributed by atoms with Crippen LogP contribution >= 0.6 is 0 Å². The molecule has 168 valence electrons. The Morgan fingerprint density at radius 3 is 2.52 bits per heavy atom. The van der Waals surface area contributed by atoms with Crippen LogP contribution in [0.5, 0.6) is 0 Å². The maximum Gasteiger partial charge on any atom is 0.255 e. The summed E-state index contributed by atoms with van der Waals surface area (Å²) in [6.45, 7) is 8.30. The van der Waals surface area contributed by atoms with Gasteiger partial charge in [-0.15, -0.1) is 0 Å². The summed E-state index contributed by atoms with van der Waals surface area (Å²) >= 11 is 0. The van der Waals surface area contributed by atoms with Crippen LogP contribution in [0.15, 0.2) is 60.9 Å². The van der Waals surface area contributed by atoms with Gasteiger partial charge in [-0.05, 0) is 64.3 Å². The molecular formula is C27H29N5O. The highest BCUT2D eigenvalue weighted by Crippen LogP contribution is 2.37. The van der Waals surface area contributed by atoms with Crippen LogP contribution in [0.3, 0.4) is 0 Å². The second kappa shape index (κ2) is 8.43. The van der Waals surface area contributed by atoms with Gasteiger partial charge in [0.1, 0.15) is 0 Å². The lowest BCUT2D eigenvalue weighted by atomic mass is 10.0. The first-order valence-electron chi connectivity index (χ1n) is 11.6. The Hall–Kier alpha value is -3.54. The van der Waals surface area contributed by atoms with Gasteiger partial charge in [-0.2, -0.15) is 5.10 Å². The van der Waals surface area contributed by atoms with Gasteiger partial charge in [0.25, 0.3) is 5.91 Å². The van der Waals surface area contributed by atoms with E-state index in [4.69, 9.17) is 4.98 Å². The molecule has 1 unspecified atom stereocenters. The number of hydrogen-bond donors (Lipinski definition) is 0. The van der Waals surface area contributed by atoms with Gasteiger partial charge in [-0.25, -0.2) is 9.67 Å². The molecule has 6 heteroatoms. The fourth-order valence-corrected chi connectivity index (χ4v) is 4.49. The van der Waals surface area contributed by atoms with Crippen molar-refractivity contribution in [2.24, 2.45) is 0 Å². The van der Waals surface area contributed by atoms with Crippen molar-refractivity contribution in [3.8, 4) is 11.3 Å². The summed E-state index contributed by atoms with van der Waals surface area (Å²) in [5, 5.41) is 5.39. The average molecular weight is 440 g/mol. The minimum absolute atomic E-state index is 0.0150. The zero-order valence-electron chi connectivity index (χ0n) is 19.6. The van der Waals surface area contributed by atoms with E-state index in [-0.39, 0.29) is 24.0 Å². The first kappa shape index (κ1) is 21.3. The highest BCUT2D eigenvalue weighted by atomic mass is 16.2. The molecule has 1 amide bonds. The lowest BCUT2D eigenvalue weighted by molar-refractivity contribution is 0.0672. The van der Waals surface area contributed by atoms with Crippen LogP contribution in [-0.2, 0) is 0 Å². The van der Waals surface area contributed by atoms with Gasteiger partial charge in [0.15, 0.2) is 5.65 Å². The molecule has 33 heavy (non-hydrogen) atoms. The zero-order chi connectivity index (χ0) is 23.1. The maximum atomic E-state index is 14.1. The van der Waals surface area contributed by atoms with E-state index < -0.39 is 0 Å². The van der Waals surface area contributed by atoms with E-state index in [1.165, 1.54) is 0 Å². The molecule has 0 bridgehead atoms. The van der Waals surface area contributed by atoms with Crippen molar-refractivity contribution >= 4 is 16.9 Å². The van der Waals surface area contributed by atoms with Crippen LogP contribution in [0.25, 0.3) is 22.3 Å². The maximum absolute atomic E-state index is 14.1. The number of amides is 1. The summed E-state index contributed by atoms with van der Waals surface area (Å²) < 4.78 is 1.90. The molecule has 1 saturated carbocycles. The van der Waals surface area contributed by atoms with Gasteiger partial charge in [0, 0.05) is 23.8 Å². The molecule has 0 saturated heterocycles. The minimum atomic E-state index is -0.114. The number of nitrogens with zero attached hydrogens (tertiary/aromatic N) is 5. The minimum Gasteiger partial charge on any atom is -0.327 e. The molecule has 0 spiro atoms. The Kier molecular flexibility index (Phi) is 5.44. The Morgan fingerprint density at radius 2 is 1.85 bits per heavy atom. The molecule has 1 atom stereocenters. The number of rotatable bonds is 6. The van der Waals surface area contributed by atoms with Crippen molar-refractivity contribution in [1.29, 1.82) is 0 Å². The Bertz CT molecular complexity index is 1310. The van der Waals surface area contributed by atoms with E-state index in [9.17, 15) is 4.79 Å². The molecular weight excluding hydrogens is 410 g/mol. The van der Waals surface area contributed by atoms with Crippen molar-refractivity contribution in [3.05, 3.63) is 77.7 Å². The predicted molar refractivity (Wildman–Crippen MR) is 130 cm³/mol. The fourth-order valence-electron chi connectivity index (χ4n) is 4.49. The van der Waals surface area contributed by atoms with E-state index in [0.29, 0.717) is 5.56 Å². The van der Waals surface area contributed by atoms with Crippen LogP contribution in [0.2, 0.25) is 0 Å². The monoisotopic (exact) mass is 439 g/mol. The number of carbonyl (C=O) groups is 1. The molecule has 3 aromatic heterocycles. The van der Waals surface area contributed by atoms with Crippen LogP contribution in [0.4, 0.5) is 0 Å². The fraction of sp³-hybridized carbons (Fsp3) is 0.333. The second-order valence-corrected chi connectivity index (χ2v) is 9.16. The van der Waals surface area contributed by atoms with Crippen LogP contribution < -0.4 is 0 Å². The summed E-state index contributed by atoms with van der Waals surface area (Å²) in [7, 11) is 0. The summed E-state index contributed by atoms with van der Waals surface area (Å²) in [6.07, 6.45) is 5.61. The SMILES string of the molecule is Cc1ccccc1-c1cc(C(=O)N(C2CC2)C(C)c2ccccn2)c2cnn(C(C)C)c2n1. The topological polar surface area (TPSA) is 63.9 Å². The Morgan fingerprint density at radius 1 is 1.09 bits per heavy atom. The van der Waals surface area contributed by atoms with Gasteiger partial charge >= 0.3 is 0 Å². The predicted octanol–water partition coefficient (Wildman–Crippen LogP) is 5.75. The smallest absolute Gasteiger partial charge is 0.255 e. The lowest BCUT2D eigenvalue weighted by Gasteiger charge is -2.29. The van der Waals surface area contributed by atoms with Crippen LogP contribution in [-0.4, -0.2) is 36.6 Å².